The molecule has 2 N–H and O–H groups in total. The molecule has 3 amide bonds. The maximum Gasteiger partial charge on any atom is 0.409 e. The second kappa shape index (κ2) is 9.64. The molecule has 0 bridgehead atoms. The summed E-state index contributed by atoms with van der Waals surface area (Å²) in [5.41, 5.74) is 0.256. The number of carbonyl (C=O) groups excluding carboxylic acids is 3. The Morgan fingerprint density at radius 2 is 1.92 bits per heavy atom. The molecule has 1 fully saturated rings. The largest absolute Gasteiger partial charge is 0.450 e. The van der Waals surface area contributed by atoms with E-state index in [1.54, 1.807) is 17.9 Å². The van der Waals surface area contributed by atoms with Gasteiger partial charge in [0.25, 0.3) is 5.91 Å². The maximum atomic E-state index is 12.1. The zero-order valence-corrected chi connectivity index (χ0v) is 15.9. The lowest BCUT2D eigenvalue weighted by Gasteiger charge is -2.31. The van der Waals surface area contributed by atoms with Crippen LogP contribution in [0.1, 0.15) is 30.1 Å². The Bertz CT molecular complexity index is 676. The lowest BCUT2D eigenvalue weighted by Crippen LogP contribution is -2.48. The van der Waals surface area contributed by atoms with Crippen LogP contribution in [0.4, 0.5) is 4.79 Å². The molecule has 1 saturated heterocycles. The van der Waals surface area contributed by atoms with Crippen LogP contribution in [-0.2, 0) is 9.53 Å². The number of piperidine rings is 1. The van der Waals surface area contributed by atoms with Crippen molar-refractivity contribution in [1.29, 1.82) is 0 Å². The summed E-state index contributed by atoms with van der Waals surface area (Å²) in [5, 5.41) is 6.04. The van der Waals surface area contributed by atoms with E-state index in [0.717, 1.165) is 0 Å². The average molecular weight is 402 g/mol. The smallest absolute Gasteiger partial charge is 0.409 e. The summed E-state index contributed by atoms with van der Waals surface area (Å²) in [6.45, 7) is 2.99. The van der Waals surface area contributed by atoms with Crippen LogP contribution in [0.15, 0.2) is 18.2 Å². The fourth-order valence-electron chi connectivity index (χ4n) is 2.63. The van der Waals surface area contributed by atoms with Gasteiger partial charge in [-0.15, -0.1) is 0 Å². The minimum absolute atomic E-state index is 0.0378. The summed E-state index contributed by atoms with van der Waals surface area (Å²) in [4.78, 5) is 37.4. The first-order chi connectivity index (χ1) is 12.4. The molecular weight excluding hydrogens is 381 g/mol. The molecule has 0 spiro atoms. The molecule has 0 unspecified atom stereocenters. The average Bonchev–Trinajstić information content (AvgIpc) is 2.60. The number of hydrogen-bond acceptors (Lipinski definition) is 4. The number of likely N-dealkylation sites (tertiary alicyclic amines) is 1. The van der Waals surface area contributed by atoms with E-state index >= 15 is 0 Å². The molecule has 1 heterocycles. The predicted octanol–water partition coefficient (Wildman–Crippen LogP) is 2.46. The molecule has 1 aromatic carbocycles. The van der Waals surface area contributed by atoms with Gasteiger partial charge >= 0.3 is 6.09 Å². The van der Waals surface area contributed by atoms with E-state index in [1.165, 1.54) is 12.1 Å². The lowest BCUT2D eigenvalue weighted by molar-refractivity contribution is -0.121. The number of amides is 3. The molecular formula is C17H21Cl2N3O4. The van der Waals surface area contributed by atoms with Crippen LogP contribution in [0.2, 0.25) is 10.0 Å². The van der Waals surface area contributed by atoms with Crippen LogP contribution >= 0.6 is 23.2 Å². The number of hydrogen-bond donors (Lipinski definition) is 2. The topological polar surface area (TPSA) is 87.7 Å². The molecule has 0 aliphatic carbocycles. The number of carbonyl (C=O) groups is 3. The molecule has 0 atom stereocenters. The van der Waals surface area contributed by atoms with Crippen molar-refractivity contribution in [1.82, 2.24) is 15.5 Å². The molecule has 2 rings (SSSR count). The van der Waals surface area contributed by atoms with Gasteiger partial charge in [-0.25, -0.2) is 4.79 Å². The van der Waals surface area contributed by atoms with E-state index in [-0.39, 0.29) is 35.2 Å². The van der Waals surface area contributed by atoms with E-state index in [9.17, 15) is 14.4 Å². The molecule has 26 heavy (non-hydrogen) atoms. The molecule has 1 aliphatic rings. The molecule has 1 aliphatic heterocycles. The third kappa shape index (κ3) is 5.78. The standard InChI is InChI=1S/C17H21Cl2N3O4/c1-2-26-17(25)22-7-5-12(6-8-22)21-15(23)10-20-16(24)13-4-3-11(18)9-14(13)19/h3-4,9,12H,2,5-8,10H2,1H3,(H,20,24)(H,21,23). The Balaban J connectivity index is 1.74. The summed E-state index contributed by atoms with van der Waals surface area (Å²) in [6.07, 6.45) is 0.952. The number of halogens is 2. The number of nitrogens with zero attached hydrogens (tertiary/aromatic N) is 1. The van der Waals surface area contributed by atoms with Gasteiger partial charge in [0.1, 0.15) is 0 Å². The third-order valence-corrected chi connectivity index (χ3v) is 4.52. The number of benzene rings is 1. The molecule has 142 valence electrons. The molecule has 0 saturated carbocycles. The summed E-state index contributed by atoms with van der Waals surface area (Å²) in [7, 11) is 0. The van der Waals surface area contributed by atoms with Crippen molar-refractivity contribution in [2.24, 2.45) is 0 Å². The van der Waals surface area contributed by atoms with Crippen molar-refractivity contribution in [3.8, 4) is 0 Å². The Morgan fingerprint density at radius 1 is 1.23 bits per heavy atom. The molecule has 0 aromatic heterocycles. The van der Waals surface area contributed by atoms with Crippen molar-refractivity contribution < 1.29 is 19.1 Å². The number of rotatable bonds is 5. The van der Waals surface area contributed by atoms with Crippen molar-refractivity contribution in [2.75, 3.05) is 26.2 Å². The van der Waals surface area contributed by atoms with Crippen molar-refractivity contribution in [2.45, 2.75) is 25.8 Å². The van der Waals surface area contributed by atoms with Gasteiger partial charge in [0.05, 0.1) is 23.7 Å². The highest BCUT2D eigenvalue weighted by atomic mass is 35.5. The first kappa shape index (κ1) is 20.3. The van der Waals surface area contributed by atoms with Crippen LogP contribution in [0, 0.1) is 0 Å². The Morgan fingerprint density at radius 3 is 2.54 bits per heavy atom. The highest BCUT2D eigenvalue weighted by Crippen LogP contribution is 2.20. The molecule has 1 aromatic rings. The lowest BCUT2D eigenvalue weighted by atomic mass is 10.1. The summed E-state index contributed by atoms with van der Waals surface area (Å²) >= 11 is 11.8. The van der Waals surface area contributed by atoms with Gasteiger partial charge in [-0.05, 0) is 38.0 Å². The summed E-state index contributed by atoms with van der Waals surface area (Å²) in [6, 6.07) is 4.49. The van der Waals surface area contributed by atoms with Gasteiger partial charge in [-0.2, -0.15) is 0 Å². The fourth-order valence-corrected chi connectivity index (χ4v) is 3.12. The first-order valence-corrected chi connectivity index (χ1v) is 9.10. The van der Waals surface area contributed by atoms with Crippen molar-refractivity contribution in [3.63, 3.8) is 0 Å². The summed E-state index contributed by atoms with van der Waals surface area (Å²) < 4.78 is 4.95. The first-order valence-electron chi connectivity index (χ1n) is 8.35. The minimum atomic E-state index is -0.445. The van der Waals surface area contributed by atoms with Crippen LogP contribution in [0.3, 0.4) is 0 Å². The Labute approximate surface area is 162 Å². The van der Waals surface area contributed by atoms with E-state index in [4.69, 9.17) is 27.9 Å². The SMILES string of the molecule is CCOC(=O)N1CCC(NC(=O)CNC(=O)c2ccc(Cl)cc2Cl)CC1. The van der Waals surface area contributed by atoms with Gasteiger partial charge in [-0.1, -0.05) is 23.2 Å². The minimum Gasteiger partial charge on any atom is -0.450 e. The Kier molecular flexibility index (Phi) is 7.53. The number of nitrogens with one attached hydrogen (secondary N) is 2. The quantitative estimate of drug-likeness (QED) is 0.792. The second-order valence-corrected chi connectivity index (χ2v) is 6.68. The van der Waals surface area contributed by atoms with E-state index in [2.05, 4.69) is 10.6 Å². The third-order valence-electron chi connectivity index (χ3n) is 3.97. The normalized spacial score (nSPS) is 14.7. The van der Waals surface area contributed by atoms with E-state index in [1.807, 2.05) is 0 Å². The predicted molar refractivity (Wildman–Crippen MR) is 98.6 cm³/mol. The zero-order valence-electron chi connectivity index (χ0n) is 14.4. The van der Waals surface area contributed by atoms with Gasteiger partial charge in [-0.3, -0.25) is 9.59 Å². The van der Waals surface area contributed by atoms with Gasteiger partial charge in [0.2, 0.25) is 5.91 Å². The van der Waals surface area contributed by atoms with E-state index < -0.39 is 5.91 Å². The fraction of sp³-hybridized carbons (Fsp3) is 0.471. The monoisotopic (exact) mass is 401 g/mol. The van der Waals surface area contributed by atoms with Crippen molar-refractivity contribution in [3.05, 3.63) is 33.8 Å². The maximum absolute atomic E-state index is 12.1. The molecule has 9 heteroatoms. The van der Waals surface area contributed by atoms with Crippen LogP contribution in [0.5, 0.6) is 0 Å². The van der Waals surface area contributed by atoms with Gasteiger partial charge in [0.15, 0.2) is 0 Å². The molecule has 0 radical (unpaired) electrons. The van der Waals surface area contributed by atoms with Crippen LogP contribution in [0.25, 0.3) is 0 Å². The van der Waals surface area contributed by atoms with E-state index in [0.29, 0.717) is 37.6 Å². The highest BCUT2D eigenvalue weighted by molar-refractivity contribution is 6.36. The van der Waals surface area contributed by atoms with Gasteiger partial charge < -0.3 is 20.3 Å². The Hall–Kier alpha value is -1.99. The number of ether oxygens (including phenoxy) is 1. The zero-order chi connectivity index (χ0) is 19.1. The molecule has 7 nitrogen and oxygen atoms in total. The highest BCUT2D eigenvalue weighted by Gasteiger charge is 2.24. The van der Waals surface area contributed by atoms with Gasteiger partial charge in [0, 0.05) is 24.2 Å². The van der Waals surface area contributed by atoms with Crippen LogP contribution in [-0.4, -0.2) is 55.1 Å². The van der Waals surface area contributed by atoms with Crippen LogP contribution < -0.4 is 10.6 Å². The van der Waals surface area contributed by atoms with Crippen molar-refractivity contribution >= 4 is 41.1 Å². The summed E-state index contributed by atoms with van der Waals surface area (Å²) in [5.74, 6) is -0.739. The second-order valence-electron chi connectivity index (χ2n) is 5.83.